The zero-order chi connectivity index (χ0) is 11.6. The molecule has 0 saturated carbocycles. The molecule has 0 aromatic carbocycles. The first-order valence-corrected chi connectivity index (χ1v) is 5.21. The minimum absolute atomic E-state index is 0.00163. The molecule has 0 fully saturated rings. The number of nitrogens with two attached hydrogens (primary N) is 1. The molecule has 5 heteroatoms. The lowest BCUT2D eigenvalue weighted by molar-refractivity contribution is 0.403. The molecule has 1 aromatic heterocycles. The van der Waals surface area contributed by atoms with Gasteiger partial charge in [0.2, 0.25) is 5.89 Å². The number of anilines is 1. The van der Waals surface area contributed by atoms with Crippen LogP contribution >= 0.6 is 0 Å². The van der Waals surface area contributed by atoms with Crippen LogP contribution in [0.15, 0.2) is 4.42 Å². The van der Waals surface area contributed by atoms with Crippen LogP contribution in [0.2, 0.25) is 0 Å². The van der Waals surface area contributed by atoms with Crippen LogP contribution in [0.4, 0.5) is 6.01 Å². The molecule has 1 atom stereocenters. The smallest absolute Gasteiger partial charge is 0.318 e. The normalized spacial score (nSPS) is 14.0. The molecule has 1 heterocycles. The van der Waals surface area contributed by atoms with Crippen LogP contribution < -0.4 is 10.6 Å². The first-order valence-electron chi connectivity index (χ1n) is 5.21. The number of aromatic nitrogens is 2. The van der Waals surface area contributed by atoms with Crippen molar-refractivity contribution in [1.29, 1.82) is 0 Å². The molecule has 1 unspecified atom stereocenters. The van der Waals surface area contributed by atoms with E-state index < -0.39 is 0 Å². The second-order valence-corrected chi connectivity index (χ2v) is 4.44. The Morgan fingerprint density at radius 1 is 1.47 bits per heavy atom. The van der Waals surface area contributed by atoms with Gasteiger partial charge in [0.1, 0.15) is 0 Å². The third-order valence-corrected chi connectivity index (χ3v) is 2.88. The van der Waals surface area contributed by atoms with Gasteiger partial charge in [-0.05, 0) is 27.2 Å². The van der Waals surface area contributed by atoms with Crippen LogP contribution in [0.5, 0.6) is 0 Å². The lowest BCUT2D eigenvalue weighted by Gasteiger charge is -2.33. The Labute approximate surface area is 90.7 Å². The van der Waals surface area contributed by atoms with Crippen molar-refractivity contribution in [1.82, 2.24) is 10.2 Å². The van der Waals surface area contributed by atoms with Gasteiger partial charge in [0.15, 0.2) is 0 Å². The molecule has 0 spiro atoms. The maximum atomic E-state index is 5.65. The molecule has 0 amide bonds. The van der Waals surface area contributed by atoms with E-state index in [4.69, 9.17) is 10.2 Å². The van der Waals surface area contributed by atoms with Gasteiger partial charge in [-0.25, -0.2) is 0 Å². The van der Waals surface area contributed by atoms with E-state index >= 15 is 0 Å². The van der Waals surface area contributed by atoms with Crippen molar-refractivity contribution in [2.75, 3.05) is 11.9 Å². The van der Waals surface area contributed by atoms with Crippen LogP contribution in [0.25, 0.3) is 0 Å². The van der Waals surface area contributed by atoms with Gasteiger partial charge in [-0.15, -0.1) is 5.10 Å². The Balaban J connectivity index is 2.87. The van der Waals surface area contributed by atoms with Gasteiger partial charge in [0.25, 0.3) is 0 Å². The molecule has 15 heavy (non-hydrogen) atoms. The summed E-state index contributed by atoms with van der Waals surface area (Å²) in [6.45, 7) is 8.20. The van der Waals surface area contributed by atoms with E-state index in [1.165, 1.54) is 0 Å². The van der Waals surface area contributed by atoms with Crippen LogP contribution in [-0.4, -0.2) is 22.8 Å². The summed E-state index contributed by atoms with van der Waals surface area (Å²) in [5.41, 5.74) is 5.66. The minimum Gasteiger partial charge on any atom is -0.406 e. The second-order valence-electron chi connectivity index (χ2n) is 4.44. The molecular formula is C10H20N4O. The van der Waals surface area contributed by atoms with Crippen molar-refractivity contribution < 1.29 is 4.42 Å². The van der Waals surface area contributed by atoms with Crippen LogP contribution in [0.3, 0.4) is 0 Å². The van der Waals surface area contributed by atoms with Crippen LogP contribution in [0.1, 0.15) is 46.0 Å². The van der Waals surface area contributed by atoms with Crippen LogP contribution in [-0.2, 0) is 0 Å². The highest BCUT2D eigenvalue weighted by molar-refractivity contribution is 5.27. The van der Waals surface area contributed by atoms with E-state index in [0.717, 1.165) is 6.42 Å². The summed E-state index contributed by atoms with van der Waals surface area (Å²) >= 11 is 0. The fourth-order valence-electron chi connectivity index (χ4n) is 1.04. The van der Waals surface area contributed by atoms with Gasteiger partial charge in [0, 0.05) is 12.6 Å². The van der Waals surface area contributed by atoms with Gasteiger partial charge < -0.3 is 15.1 Å². The number of hydrogen-bond acceptors (Lipinski definition) is 5. The van der Waals surface area contributed by atoms with Crippen molar-refractivity contribution >= 4 is 6.01 Å². The summed E-state index contributed by atoms with van der Waals surface area (Å²) in [6, 6.07) is 0.304. The largest absolute Gasteiger partial charge is 0.406 e. The van der Waals surface area contributed by atoms with Crippen molar-refractivity contribution in [3.8, 4) is 0 Å². The molecule has 86 valence electrons. The van der Waals surface area contributed by atoms with Gasteiger partial charge >= 0.3 is 6.01 Å². The van der Waals surface area contributed by atoms with Gasteiger partial charge in [-0.1, -0.05) is 12.0 Å². The predicted molar refractivity (Wildman–Crippen MR) is 59.7 cm³/mol. The Morgan fingerprint density at radius 3 is 2.47 bits per heavy atom. The summed E-state index contributed by atoms with van der Waals surface area (Å²) in [5, 5.41) is 7.88. The van der Waals surface area contributed by atoms with Gasteiger partial charge in [-0.2, -0.15) is 0 Å². The highest BCUT2D eigenvalue weighted by Crippen LogP contribution is 2.24. The van der Waals surface area contributed by atoms with E-state index in [2.05, 4.69) is 31.0 Å². The molecule has 5 nitrogen and oxygen atoms in total. The van der Waals surface area contributed by atoms with Crippen molar-refractivity contribution in [3.63, 3.8) is 0 Å². The highest BCUT2D eigenvalue weighted by Gasteiger charge is 2.25. The maximum absolute atomic E-state index is 5.65. The minimum atomic E-state index is -0.218. The quantitative estimate of drug-likeness (QED) is 0.823. The molecular weight excluding hydrogens is 192 g/mol. The first-order chi connectivity index (χ1) is 6.88. The fourth-order valence-corrected chi connectivity index (χ4v) is 1.04. The van der Waals surface area contributed by atoms with Crippen LogP contribution in [0, 0.1) is 0 Å². The molecule has 0 radical (unpaired) electrons. The molecule has 2 N–H and O–H groups in total. The molecule has 1 rings (SSSR count). The van der Waals surface area contributed by atoms with E-state index in [0.29, 0.717) is 11.9 Å². The third kappa shape index (κ3) is 2.47. The van der Waals surface area contributed by atoms with Gasteiger partial charge in [-0.3, -0.25) is 0 Å². The third-order valence-electron chi connectivity index (χ3n) is 2.88. The lowest BCUT2D eigenvalue weighted by Crippen LogP contribution is -2.40. The Morgan fingerprint density at radius 2 is 2.07 bits per heavy atom. The zero-order valence-corrected chi connectivity index (χ0v) is 10.1. The average Bonchev–Trinajstić information content (AvgIpc) is 2.65. The Hall–Kier alpha value is -1.10. The zero-order valence-electron chi connectivity index (χ0n) is 10.1. The number of nitrogens with zero attached hydrogens (tertiary/aromatic N) is 3. The molecule has 0 aliphatic heterocycles. The lowest BCUT2D eigenvalue weighted by atomic mass is 10.0. The molecule has 0 bridgehead atoms. The van der Waals surface area contributed by atoms with E-state index in [9.17, 15) is 0 Å². The fraction of sp³-hybridized carbons (Fsp3) is 0.800. The Kier molecular flexibility index (Phi) is 3.34. The highest BCUT2D eigenvalue weighted by atomic mass is 16.4. The summed E-state index contributed by atoms with van der Waals surface area (Å²) in [5.74, 6) is 0.476. The Bertz CT molecular complexity index is 319. The van der Waals surface area contributed by atoms with E-state index in [-0.39, 0.29) is 11.6 Å². The van der Waals surface area contributed by atoms with E-state index in [1.807, 2.05) is 18.9 Å². The summed E-state index contributed by atoms with van der Waals surface area (Å²) in [4.78, 5) is 1.98. The number of rotatable bonds is 4. The number of hydrogen-bond donors (Lipinski definition) is 1. The van der Waals surface area contributed by atoms with Crippen molar-refractivity contribution in [2.24, 2.45) is 5.73 Å². The molecule has 0 aliphatic rings. The monoisotopic (exact) mass is 212 g/mol. The summed E-state index contributed by atoms with van der Waals surface area (Å²) < 4.78 is 5.47. The first kappa shape index (κ1) is 12.0. The molecule has 0 saturated heterocycles. The maximum Gasteiger partial charge on any atom is 0.318 e. The SMILES string of the molecule is CCC(C)(C)N(C)c1nnc(C(C)N)o1. The summed E-state index contributed by atoms with van der Waals surface area (Å²) in [6.07, 6.45) is 0.999. The second kappa shape index (κ2) is 4.18. The van der Waals surface area contributed by atoms with Gasteiger partial charge in [0.05, 0.1) is 6.04 Å². The standard InChI is InChI=1S/C10H20N4O/c1-6-10(3,4)14(5)9-13-12-8(15-9)7(2)11/h7H,6,11H2,1-5H3. The predicted octanol–water partition coefficient (Wildman–Crippen LogP) is 1.71. The van der Waals surface area contributed by atoms with E-state index in [1.54, 1.807) is 0 Å². The van der Waals surface area contributed by atoms with Crippen molar-refractivity contribution in [2.45, 2.75) is 45.7 Å². The van der Waals surface area contributed by atoms with Crippen molar-refractivity contribution in [3.05, 3.63) is 5.89 Å². The molecule has 0 aliphatic carbocycles. The average molecular weight is 212 g/mol. The molecule has 1 aromatic rings. The topological polar surface area (TPSA) is 68.2 Å². The summed E-state index contributed by atoms with van der Waals surface area (Å²) in [7, 11) is 1.95.